The van der Waals surface area contributed by atoms with Gasteiger partial charge in [0.05, 0.1) is 13.7 Å². The van der Waals surface area contributed by atoms with Crippen LogP contribution in [0.1, 0.15) is 65.4 Å². The molecule has 1 saturated heterocycles. The summed E-state index contributed by atoms with van der Waals surface area (Å²) in [7, 11) is 0.862. The summed E-state index contributed by atoms with van der Waals surface area (Å²) in [6, 6.07) is 6.58. The highest BCUT2D eigenvalue weighted by Crippen LogP contribution is 2.32. The minimum Gasteiger partial charge on any atom is -0.497 e. The van der Waals surface area contributed by atoms with Crippen molar-refractivity contribution in [2.24, 2.45) is 11.3 Å². The van der Waals surface area contributed by atoms with Crippen molar-refractivity contribution in [2.75, 3.05) is 44.5 Å². The maximum Gasteiger partial charge on any atom is 0.120 e. The molecule has 0 spiro atoms. The second kappa shape index (κ2) is 14.7. The van der Waals surface area contributed by atoms with Gasteiger partial charge in [-0.25, -0.2) is 0 Å². The van der Waals surface area contributed by atoms with Crippen molar-refractivity contribution in [3.8, 4) is 5.75 Å². The van der Waals surface area contributed by atoms with Gasteiger partial charge < -0.3 is 19.3 Å². The van der Waals surface area contributed by atoms with Gasteiger partial charge >= 0.3 is 0 Å². The first-order valence-corrected chi connectivity index (χ1v) is 15.0. The minimum absolute atomic E-state index is 0.371. The van der Waals surface area contributed by atoms with Crippen LogP contribution in [0.3, 0.4) is 0 Å². The number of methoxy groups -OCH3 is 1. The Morgan fingerprint density at radius 1 is 1.26 bits per heavy atom. The number of rotatable bonds is 13. The highest BCUT2D eigenvalue weighted by molar-refractivity contribution is 7.50. The number of benzene rings is 1. The van der Waals surface area contributed by atoms with Crippen LogP contribution in [-0.4, -0.2) is 44.5 Å². The summed E-state index contributed by atoms with van der Waals surface area (Å²) in [5.74, 6) is 2.39. The normalized spacial score (nSPS) is 16.8. The second-order valence-electron chi connectivity index (χ2n) is 10.9. The fraction of sp³-hybridized carbons (Fsp3) is 0.600. The van der Waals surface area contributed by atoms with Gasteiger partial charge in [0.2, 0.25) is 0 Å². The van der Waals surface area contributed by atoms with Crippen LogP contribution < -0.4 is 9.64 Å². The molecule has 2 rings (SSSR count). The Bertz CT molecular complexity index is 846. The van der Waals surface area contributed by atoms with Gasteiger partial charge in [-0.15, -0.1) is 0 Å². The molecule has 1 unspecified atom stereocenters. The van der Waals surface area contributed by atoms with Crippen LogP contribution in [0.25, 0.3) is 0 Å². The number of aryl methyl sites for hydroxylation is 1. The molecule has 0 aliphatic carbocycles. The van der Waals surface area contributed by atoms with Crippen LogP contribution in [0.15, 0.2) is 54.3 Å². The van der Waals surface area contributed by atoms with E-state index in [0.29, 0.717) is 11.3 Å². The first kappa shape index (κ1) is 29.5. The third kappa shape index (κ3) is 10.8. The van der Waals surface area contributed by atoms with Crippen LogP contribution >= 0.6 is 8.15 Å². The lowest BCUT2D eigenvalue weighted by atomic mass is 9.88. The molecule has 1 aromatic carbocycles. The maximum atomic E-state index is 9.63. The van der Waals surface area contributed by atoms with E-state index in [1.165, 1.54) is 24.1 Å². The van der Waals surface area contributed by atoms with Crippen molar-refractivity contribution in [3.05, 3.63) is 59.9 Å². The zero-order chi connectivity index (χ0) is 25.8. The molecule has 0 aromatic heterocycles. The van der Waals surface area contributed by atoms with Crippen LogP contribution in [-0.2, 0) is 11.2 Å². The van der Waals surface area contributed by atoms with Gasteiger partial charge in [-0.2, -0.15) is 0 Å². The van der Waals surface area contributed by atoms with E-state index in [4.69, 9.17) is 9.47 Å². The predicted molar refractivity (Wildman–Crippen MR) is 153 cm³/mol. The largest absolute Gasteiger partial charge is 0.497 e. The third-order valence-electron chi connectivity index (χ3n) is 6.70. The lowest BCUT2D eigenvalue weighted by Crippen LogP contribution is -2.35. The summed E-state index contributed by atoms with van der Waals surface area (Å²) >= 11 is 0. The molecule has 1 atom stereocenters. The molecule has 1 fully saturated rings. The van der Waals surface area contributed by atoms with Crippen molar-refractivity contribution in [3.63, 3.8) is 0 Å². The smallest absolute Gasteiger partial charge is 0.120 e. The van der Waals surface area contributed by atoms with Gasteiger partial charge in [0, 0.05) is 33.0 Å². The molecule has 5 heteroatoms. The molecule has 1 heterocycles. The molecule has 0 amide bonds. The van der Waals surface area contributed by atoms with E-state index in [2.05, 4.69) is 56.5 Å². The Kier molecular flexibility index (Phi) is 12.4. The van der Waals surface area contributed by atoms with E-state index in [0.717, 1.165) is 68.6 Å². The Morgan fingerprint density at radius 2 is 1.97 bits per heavy atom. The van der Waals surface area contributed by atoms with Crippen molar-refractivity contribution >= 4 is 13.8 Å². The van der Waals surface area contributed by atoms with Crippen molar-refractivity contribution in [1.82, 2.24) is 0 Å². The van der Waals surface area contributed by atoms with Gasteiger partial charge in [-0.05, 0) is 99.0 Å². The average Bonchev–Trinajstić information content (AvgIpc) is 2.83. The fourth-order valence-electron chi connectivity index (χ4n) is 4.46. The van der Waals surface area contributed by atoms with E-state index in [-0.39, 0.29) is 0 Å². The lowest BCUT2D eigenvalue weighted by Gasteiger charge is -2.35. The van der Waals surface area contributed by atoms with Gasteiger partial charge in [0.25, 0.3) is 0 Å². The Balaban J connectivity index is 1.94. The zero-order valence-corrected chi connectivity index (χ0v) is 23.9. The summed E-state index contributed by atoms with van der Waals surface area (Å²) < 4.78 is 11.7. The number of anilines is 1. The fourth-order valence-corrected chi connectivity index (χ4v) is 5.04. The topological polar surface area (TPSA) is 41.9 Å². The van der Waals surface area contributed by atoms with E-state index < -0.39 is 8.15 Å². The summed E-state index contributed by atoms with van der Waals surface area (Å²) in [6.07, 6.45) is 13.4. The van der Waals surface area contributed by atoms with Crippen LogP contribution in [0.4, 0.5) is 5.69 Å². The summed E-state index contributed by atoms with van der Waals surface area (Å²) in [5, 5.41) is 0. The number of hydrogen-bond acceptors (Lipinski definition) is 4. The molecule has 1 N–H and O–H groups in total. The van der Waals surface area contributed by atoms with Crippen molar-refractivity contribution < 1.29 is 14.4 Å². The summed E-state index contributed by atoms with van der Waals surface area (Å²) in [5.41, 5.74) is 4.26. The first-order chi connectivity index (χ1) is 16.6. The molecule has 35 heavy (non-hydrogen) atoms. The van der Waals surface area contributed by atoms with Gasteiger partial charge in [-0.3, -0.25) is 0 Å². The Labute approximate surface area is 215 Å². The van der Waals surface area contributed by atoms with Crippen LogP contribution in [0, 0.1) is 11.3 Å². The van der Waals surface area contributed by atoms with E-state index in [1.807, 2.05) is 25.7 Å². The van der Waals surface area contributed by atoms with Gasteiger partial charge in [-0.1, -0.05) is 39.5 Å². The minimum atomic E-state index is -0.886. The van der Waals surface area contributed by atoms with Crippen molar-refractivity contribution in [1.29, 1.82) is 0 Å². The highest BCUT2D eigenvalue weighted by atomic mass is 31.1. The Hall–Kier alpha value is -1.77. The molecule has 1 aliphatic rings. The monoisotopic (exact) mass is 501 g/mol. The van der Waals surface area contributed by atoms with Crippen LogP contribution in [0.5, 0.6) is 5.75 Å². The molecular formula is C30H48NO3P. The standard InChI is InChI=1S/C30H48NO3P/c1-8-24(16-20-35(7)32)21-27(9-2)34-23-25-14-18-31(19-15-25)29-22-28(33-6)13-12-26(29)11-10-17-30(3,4)5/h8-9,12-13,21-22,25,32H,1,10-11,14-20,23H2,2-7H3/b24-21+,27-9+. The number of ether oxygens (including phenoxy) is 2. The Morgan fingerprint density at radius 3 is 2.54 bits per heavy atom. The van der Waals surface area contributed by atoms with Crippen molar-refractivity contribution in [2.45, 2.75) is 66.2 Å². The van der Waals surface area contributed by atoms with Crippen LogP contribution in [0.2, 0.25) is 0 Å². The third-order valence-corrected chi connectivity index (χ3v) is 7.58. The average molecular weight is 502 g/mol. The molecular weight excluding hydrogens is 453 g/mol. The number of hydrogen-bond donors (Lipinski definition) is 1. The van der Waals surface area contributed by atoms with E-state index >= 15 is 0 Å². The molecule has 0 radical (unpaired) electrons. The lowest BCUT2D eigenvalue weighted by molar-refractivity contribution is 0.158. The quantitative estimate of drug-likeness (QED) is 0.171. The highest BCUT2D eigenvalue weighted by Gasteiger charge is 2.22. The molecule has 1 aliphatic heterocycles. The molecule has 196 valence electrons. The van der Waals surface area contributed by atoms with Gasteiger partial charge in [0.1, 0.15) is 11.5 Å². The summed E-state index contributed by atoms with van der Waals surface area (Å²) in [6.45, 7) is 17.6. The first-order valence-electron chi connectivity index (χ1n) is 13.1. The van der Waals surface area contributed by atoms with E-state index in [9.17, 15) is 4.89 Å². The predicted octanol–water partition coefficient (Wildman–Crippen LogP) is 7.72. The maximum absolute atomic E-state index is 9.63. The second-order valence-corrected chi connectivity index (χ2v) is 12.7. The zero-order valence-electron chi connectivity index (χ0n) is 23.0. The van der Waals surface area contributed by atoms with Gasteiger partial charge in [0.15, 0.2) is 0 Å². The van der Waals surface area contributed by atoms with E-state index in [1.54, 1.807) is 7.11 Å². The SMILES string of the molecule is C=C/C(=C\C(=C/C)OCC1CCN(c2cc(OC)ccc2CCCC(C)(C)C)CC1)CCP(C)O. The molecule has 1 aromatic rings. The number of allylic oxidation sites excluding steroid dienone is 4. The molecule has 0 saturated carbocycles. The molecule has 0 bridgehead atoms. The number of piperidine rings is 1. The summed E-state index contributed by atoms with van der Waals surface area (Å²) in [4.78, 5) is 12.2. The number of nitrogens with zero attached hydrogens (tertiary/aromatic N) is 1. The molecule has 4 nitrogen and oxygen atoms in total.